The van der Waals surface area contributed by atoms with Crippen molar-refractivity contribution in [3.05, 3.63) is 29.3 Å². The third-order valence-electron chi connectivity index (χ3n) is 2.49. The van der Waals surface area contributed by atoms with Crippen molar-refractivity contribution in [3.8, 4) is 5.75 Å². The zero-order valence-electron chi connectivity index (χ0n) is 10.1. The molecule has 0 saturated heterocycles. The molecule has 15 heavy (non-hydrogen) atoms. The van der Waals surface area contributed by atoms with Gasteiger partial charge in [0.2, 0.25) is 0 Å². The molecule has 0 radical (unpaired) electrons. The summed E-state index contributed by atoms with van der Waals surface area (Å²) in [6, 6.07) is 6.32. The van der Waals surface area contributed by atoms with Gasteiger partial charge >= 0.3 is 0 Å². The van der Waals surface area contributed by atoms with Crippen molar-refractivity contribution in [1.82, 2.24) is 5.32 Å². The molecule has 0 saturated carbocycles. The van der Waals surface area contributed by atoms with Gasteiger partial charge in [0.25, 0.3) is 0 Å². The summed E-state index contributed by atoms with van der Waals surface area (Å²) in [4.78, 5) is 0. The van der Waals surface area contributed by atoms with Crippen molar-refractivity contribution in [2.45, 2.75) is 26.7 Å². The third kappa shape index (κ3) is 3.56. The van der Waals surface area contributed by atoms with E-state index in [9.17, 15) is 0 Å². The average molecular weight is 207 g/mol. The normalized spacial score (nSPS) is 10.7. The number of nitrogens with one attached hydrogen (secondary N) is 1. The predicted molar refractivity (Wildman–Crippen MR) is 64.7 cm³/mol. The lowest BCUT2D eigenvalue weighted by Gasteiger charge is -2.12. The van der Waals surface area contributed by atoms with E-state index in [1.54, 1.807) is 0 Å². The first-order valence-corrected chi connectivity index (χ1v) is 5.53. The SMILES string of the molecule is CNCCOc1ccc(C)c(C(C)C)c1. The molecule has 0 aliphatic heterocycles. The van der Waals surface area contributed by atoms with E-state index in [1.165, 1.54) is 11.1 Å². The summed E-state index contributed by atoms with van der Waals surface area (Å²) in [6.45, 7) is 8.16. The smallest absolute Gasteiger partial charge is 0.119 e. The van der Waals surface area contributed by atoms with Gasteiger partial charge in [0.1, 0.15) is 12.4 Å². The Morgan fingerprint density at radius 2 is 2.07 bits per heavy atom. The molecular weight excluding hydrogens is 186 g/mol. The zero-order chi connectivity index (χ0) is 11.3. The molecule has 0 heterocycles. The second kappa shape index (κ2) is 5.76. The van der Waals surface area contributed by atoms with Gasteiger partial charge in [0.05, 0.1) is 0 Å². The van der Waals surface area contributed by atoms with E-state index in [2.05, 4.69) is 38.2 Å². The van der Waals surface area contributed by atoms with Crippen molar-refractivity contribution < 1.29 is 4.74 Å². The van der Waals surface area contributed by atoms with Gasteiger partial charge in [-0.2, -0.15) is 0 Å². The van der Waals surface area contributed by atoms with E-state index in [4.69, 9.17) is 4.74 Å². The molecule has 0 amide bonds. The molecule has 0 aliphatic carbocycles. The van der Waals surface area contributed by atoms with Crippen LogP contribution in [0.2, 0.25) is 0 Å². The Morgan fingerprint density at radius 3 is 2.67 bits per heavy atom. The van der Waals surface area contributed by atoms with Crippen molar-refractivity contribution in [2.24, 2.45) is 0 Å². The standard InChI is InChI=1S/C13H21NO/c1-10(2)13-9-12(6-5-11(13)3)15-8-7-14-4/h5-6,9-10,14H,7-8H2,1-4H3. The Morgan fingerprint density at radius 1 is 1.33 bits per heavy atom. The molecule has 0 aromatic heterocycles. The Kier molecular flexibility index (Phi) is 4.63. The van der Waals surface area contributed by atoms with Crippen molar-refractivity contribution in [1.29, 1.82) is 0 Å². The predicted octanol–water partition coefficient (Wildman–Crippen LogP) is 2.72. The molecule has 1 N–H and O–H groups in total. The molecule has 84 valence electrons. The lowest BCUT2D eigenvalue weighted by Crippen LogP contribution is -2.16. The maximum Gasteiger partial charge on any atom is 0.119 e. The molecule has 2 nitrogen and oxygen atoms in total. The van der Waals surface area contributed by atoms with Gasteiger partial charge in [-0.25, -0.2) is 0 Å². The monoisotopic (exact) mass is 207 g/mol. The fraction of sp³-hybridized carbons (Fsp3) is 0.538. The summed E-state index contributed by atoms with van der Waals surface area (Å²) in [7, 11) is 1.93. The summed E-state index contributed by atoms with van der Waals surface area (Å²) >= 11 is 0. The minimum absolute atomic E-state index is 0.554. The van der Waals surface area contributed by atoms with Crippen LogP contribution in [0.25, 0.3) is 0 Å². The average Bonchev–Trinajstić information content (AvgIpc) is 2.20. The molecule has 0 fully saturated rings. The number of likely N-dealkylation sites (N-methyl/N-ethyl adjacent to an activating group) is 1. The fourth-order valence-corrected chi connectivity index (χ4v) is 1.60. The number of ether oxygens (including phenoxy) is 1. The van der Waals surface area contributed by atoms with Crippen LogP contribution in [0.4, 0.5) is 0 Å². The third-order valence-corrected chi connectivity index (χ3v) is 2.49. The second-order valence-electron chi connectivity index (χ2n) is 4.13. The molecule has 0 bridgehead atoms. The Labute approximate surface area is 92.6 Å². The van der Waals surface area contributed by atoms with Crippen LogP contribution in [0.15, 0.2) is 18.2 Å². The molecule has 1 aromatic carbocycles. The van der Waals surface area contributed by atoms with Crippen LogP contribution < -0.4 is 10.1 Å². The van der Waals surface area contributed by atoms with Gasteiger partial charge in [-0.15, -0.1) is 0 Å². The van der Waals surface area contributed by atoms with Crippen LogP contribution in [0.5, 0.6) is 5.75 Å². The summed E-state index contributed by atoms with van der Waals surface area (Å²) in [5, 5.41) is 3.06. The lowest BCUT2D eigenvalue weighted by molar-refractivity contribution is 0.318. The first-order chi connectivity index (χ1) is 7.15. The van der Waals surface area contributed by atoms with Crippen LogP contribution in [0.1, 0.15) is 30.9 Å². The van der Waals surface area contributed by atoms with Crippen LogP contribution >= 0.6 is 0 Å². The van der Waals surface area contributed by atoms with Crippen molar-refractivity contribution in [2.75, 3.05) is 20.2 Å². The van der Waals surface area contributed by atoms with Gasteiger partial charge in [0.15, 0.2) is 0 Å². The summed E-state index contributed by atoms with van der Waals surface area (Å²) < 4.78 is 5.63. The van der Waals surface area contributed by atoms with E-state index in [-0.39, 0.29) is 0 Å². The number of rotatable bonds is 5. The highest BCUT2D eigenvalue weighted by molar-refractivity contribution is 5.36. The van der Waals surface area contributed by atoms with Crippen molar-refractivity contribution >= 4 is 0 Å². The number of benzene rings is 1. The lowest BCUT2D eigenvalue weighted by atomic mass is 9.98. The van der Waals surface area contributed by atoms with Gasteiger partial charge in [-0.1, -0.05) is 19.9 Å². The van der Waals surface area contributed by atoms with E-state index in [0.29, 0.717) is 5.92 Å². The van der Waals surface area contributed by atoms with Crippen molar-refractivity contribution in [3.63, 3.8) is 0 Å². The molecule has 1 rings (SSSR count). The maximum absolute atomic E-state index is 5.63. The van der Waals surface area contributed by atoms with Crippen LogP contribution in [-0.2, 0) is 0 Å². The largest absolute Gasteiger partial charge is 0.492 e. The van der Waals surface area contributed by atoms with E-state index in [1.807, 2.05) is 13.1 Å². The summed E-state index contributed by atoms with van der Waals surface area (Å²) in [5.74, 6) is 1.53. The Hall–Kier alpha value is -1.02. The highest BCUT2D eigenvalue weighted by Gasteiger charge is 2.04. The summed E-state index contributed by atoms with van der Waals surface area (Å²) in [5.41, 5.74) is 2.71. The second-order valence-corrected chi connectivity index (χ2v) is 4.13. The van der Waals surface area contributed by atoms with Gasteiger partial charge in [0, 0.05) is 6.54 Å². The quantitative estimate of drug-likeness (QED) is 0.750. The molecule has 0 spiro atoms. The highest BCUT2D eigenvalue weighted by Crippen LogP contribution is 2.23. The van der Waals surface area contributed by atoms with Crippen LogP contribution in [0, 0.1) is 6.92 Å². The minimum Gasteiger partial charge on any atom is -0.492 e. The Bertz CT molecular complexity index is 307. The van der Waals surface area contributed by atoms with Gasteiger partial charge in [-0.05, 0) is 43.1 Å². The van der Waals surface area contributed by atoms with Gasteiger partial charge < -0.3 is 10.1 Å². The molecule has 0 aliphatic rings. The minimum atomic E-state index is 0.554. The first-order valence-electron chi connectivity index (χ1n) is 5.53. The van der Waals surface area contributed by atoms with E-state index >= 15 is 0 Å². The number of hydrogen-bond acceptors (Lipinski definition) is 2. The molecule has 1 aromatic rings. The number of hydrogen-bond donors (Lipinski definition) is 1. The molecule has 0 unspecified atom stereocenters. The molecular formula is C13H21NO. The summed E-state index contributed by atoms with van der Waals surface area (Å²) in [6.07, 6.45) is 0. The first kappa shape index (κ1) is 12.1. The zero-order valence-corrected chi connectivity index (χ0v) is 10.1. The maximum atomic E-state index is 5.63. The van der Waals surface area contributed by atoms with E-state index in [0.717, 1.165) is 18.9 Å². The molecule has 2 heteroatoms. The fourth-order valence-electron chi connectivity index (χ4n) is 1.60. The number of aryl methyl sites for hydroxylation is 1. The van der Waals surface area contributed by atoms with E-state index < -0.39 is 0 Å². The van der Waals surface area contributed by atoms with Gasteiger partial charge in [-0.3, -0.25) is 0 Å². The highest BCUT2D eigenvalue weighted by atomic mass is 16.5. The topological polar surface area (TPSA) is 21.3 Å². The van der Waals surface area contributed by atoms with Crippen LogP contribution in [-0.4, -0.2) is 20.2 Å². The Balaban J connectivity index is 2.70. The van der Waals surface area contributed by atoms with Crippen LogP contribution in [0.3, 0.4) is 0 Å². The molecule has 0 atom stereocenters.